The first kappa shape index (κ1) is 15.4. The van der Waals surface area contributed by atoms with Crippen LogP contribution in [0.3, 0.4) is 0 Å². The smallest absolute Gasteiger partial charge is 0.220 e. The van der Waals surface area contributed by atoms with Gasteiger partial charge in [-0.15, -0.1) is 11.3 Å². The Morgan fingerprint density at radius 2 is 2.20 bits per heavy atom. The Labute approximate surface area is 125 Å². The summed E-state index contributed by atoms with van der Waals surface area (Å²) in [5.41, 5.74) is 1.02. The summed E-state index contributed by atoms with van der Waals surface area (Å²) >= 11 is 1.61. The van der Waals surface area contributed by atoms with Gasteiger partial charge in [0.05, 0.1) is 6.04 Å². The molecular formula is C15H25N3OS. The zero-order valence-electron chi connectivity index (χ0n) is 12.5. The Morgan fingerprint density at radius 3 is 2.85 bits per heavy atom. The van der Waals surface area contributed by atoms with Gasteiger partial charge in [0.1, 0.15) is 5.01 Å². The van der Waals surface area contributed by atoms with Crippen LogP contribution in [0, 0.1) is 6.92 Å². The molecule has 2 rings (SSSR count). The van der Waals surface area contributed by atoms with Crippen molar-refractivity contribution < 1.29 is 4.79 Å². The summed E-state index contributed by atoms with van der Waals surface area (Å²) in [6.07, 6.45) is 5.56. The van der Waals surface area contributed by atoms with Crippen LogP contribution in [0.15, 0.2) is 5.38 Å². The van der Waals surface area contributed by atoms with E-state index in [1.807, 2.05) is 19.2 Å². The van der Waals surface area contributed by atoms with Gasteiger partial charge in [0, 0.05) is 17.5 Å². The number of carbonyl (C=O) groups excluding carboxylic acids is 1. The molecule has 0 bridgehead atoms. The zero-order chi connectivity index (χ0) is 14.4. The molecule has 1 N–H and O–H groups in total. The van der Waals surface area contributed by atoms with Crippen molar-refractivity contribution in [3.8, 4) is 0 Å². The fourth-order valence-corrected chi connectivity index (χ4v) is 3.40. The van der Waals surface area contributed by atoms with E-state index in [1.165, 1.54) is 32.4 Å². The SMILES string of the molecule is Cc1csc([C@H](C)NC(=O)CCCN2CCCCC2)n1. The summed E-state index contributed by atoms with van der Waals surface area (Å²) in [6, 6.07) is 0.0242. The second-order valence-electron chi connectivity index (χ2n) is 5.62. The lowest BCUT2D eigenvalue weighted by atomic mass is 10.1. The van der Waals surface area contributed by atoms with Crippen molar-refractivity contribution >= 4 is 17.2 Å². The predicted molar refractivity (Wildman–Crippen MR) is 82.9 cm³/mol. The molecule has 1 atom stereocenters. The number of aryl methyl sites for hydroxylation is 1. The van der Waals surface area contributed by atoms with E-state index in [2.05, 4.69) is 15.2 Å². The molecule has 4 nitrogen and oxygen atoms in total. The minimum absolute atomic E-state index is 0.0242. The molecule has 2 heterocycles. The summed E-state index contributed by atoms with van der Waals surface area (Å²) in [6.45, 7) is 7.44. The maximum absolute atomic E-state index is 11.9. The van der Waals surface area contributed by atoms with Crippen molar-refractivity contribution in [2.75, 3.05) is 19.6 Å². The van der Waals surface area contributed by atoms with E-state index in [4.69, 9.17) is 0 Å². The molecule has 0 unspecified atom stereocenters. The summed E-state index contributed by atoms with van der Waals surface area (Å²) in [5, 5.41) is 6.05. The Kier molecular flexibility index (Phi) is 5.98. The standard InChI is InChI=1S/C15H25N3OS/c1-12-11-20-15(16-12)13(2)17-14(19)7-6-10-18-8-4-3-5-9-18/h11,13H,3-10H2,1-2H3,(H,17,19)/t13-/m0/s1. The van der Waals surface area contributed by atoms with Gasteiger partial charge in [0.2, 0.25) is 5.91 Å². The fourth-order valence-electron chi connectivity index (χ4n) is 2.59. The molecule has 20 heavy (non-hydrogen) atoms. The Bertz CT molecular complexity index is 427. The molecule has 1 aromatic heterocycles. The molecule has 0 spiro atoms. The van der Waals surface area contributed by atoms with Crippen LogP contribution in [0.25, 0.3) is 0 Å². The van der Waals surface area contributed by atoms with Crippen molar-refractivity contribution in [1.82, 2.24) is 15.2 Å². The number of piperidine rings is 1. The van der Waals surface area contributed by atoms with Crippen molar-refractivity contribution in [3.63, 3.8) is 0 Å². The highest BCUT2D eigenvalue weighted by Gasteiger charge is 2.14. The fraction of sp³-hybridized carbons (Fsp3) is 0.733. The van der Waals surface area contributed by atoms with Gasteiger partial charge in [-0.2, -0.15) is 0 Å². The monoisotopic (exact) mass is 295 g/mol. The van der Waals surface area contributed by atoms with Crippen molar-refractivity contribution in [2.45, 2.75) is 52.0 Å². The third kappa shape index (κ3) is 4.87. The number of likely N-dealkylation sites (tertiary alicyclic amines) is 1. The highest BCUT2D eigenvalue weighted by molar-refractivity contribution is 7.09. The molecular weight excluding hydrogens is 270 g/mol. The summed E-state index contributed by atoms with van der Waals surface area (Å²) in [4.78, 5) is 18.8. The van der Waals surface area contributed by atoms with Gasteiger partial charge in [0.25, 0.3) is 0 Å². The maximum Gasteiger partial charge on any atom is 0.220 e. The molecule has 1 aliphatic rings. The van der Waals surface area contributed by atoms with E-state index in [0.29, 0.717) is 6.42 Å². The number of nitrogens with zero attached hydrogens (tertiary/aromatic N) is 2. The highest BCUT2D eigenvalue weighted by Crippen LogP contribution is 2.17. The first-order valence-corrected chi connectivity index (χ1v) is 8.47. The number of amides is 1. The average molecular weight is 295 g/mol. The molecule has 1 saturated heterocycles. The van der Waals surface area contributed by atoms with Gasteiger partial charge in [-0.25, -0.2) is 4.98 Å². The Morgan fingerprint density at radius 1 is 1.45 bits per heavy atom. The van der Waals surface area contributed by atoms with Gasteiger partial charge in [0.15, 0.2) is 0 Å². The number of nitrogens with one attached hydrogen (secondary N) is 1. The van der Waals surface area contributed by atoms with Crippen LogP contribution in [0.2, 0.25) is 0 Å². The molecule has 0 saturated carbocycles. The van der Waals surface area contributed by atoms with Gasteiger partial charge >= 0.3 is 0 Å². The number of aromatic nitrogens is 1. The normalized spacial score (nSPS) is 17.9. The predicted octanol–water partition coefficient (Wildman–Crippen LogP) is 2.89. The van der Waals surface area contributed by atoms with Crippen molar-refractivity contribution in [2.24, 2.45) is 0 Å². The minimum atomic E-state index is 0.0242. The molecule has 1 aliphatic heterocycles. The van der Waals surface area contributed by atoms with Crippen LogP contribution in [-0.4, -0.2) is 35.4 Å². The number of thiazole rings is 1. The van der Waals surface area contributed by atoms with Crippen LogP contribution in [0.5, 0.6) is 0 Å². The molecule has 5 heteroatoms. The van der Waals surface area contributed by atoms with Gasteiger partial charge in [-0.05, 0) is 52.7 Å². The highest BCUT2D eigenvalue weighted by atomic mass is 32.1. The van der Waals surface area contributed by atoms with E-state index in [9.17, 15) is 4.79 Å². The summed E-state index contributed by atoms with van der Waals surface area (Å²) < 4.78 is 0. The molecule has 112 valence electrons. The molecule has 1 fully saturated rings. The van der Waals surface area contributed by atoms with E-state index < -0.39 is 0 Å². The van der Waals surface area contributed by atoms with Crippen molar-refractivity contribution in [3.05, 3.63) is 16.1 Å². The maximum atomic E-state index is 11.9. The van der Waals surface area contributed by atoms with E-state index in [1.54, 1.807) is 11.3 Å². The quantitative estimate of drug-likeness (QED) is 0.877. The van der Waals surface area contributed by atoms with Crippen LogP contribution in [-0.2, 0) is 4.79 Å². The van der Waals surface area contributed by atoms with Crippen molar-refractivity contribution in [1.29, 1.82) is 0 Å². The third-order valence-corrected chi connectivity index (χ3v) is 4.86. The number of carbonyl (C=O) groups is 1. The number of hydrogen-bond donors (Lipinski definition) is 1. The number of hydrogen-bond acceptors (Lipinski definition) is 4. The number of rotatable bonds is 6. The van der Waals surface area contributed by atoms with E-state index in [-0.39, 0.29) is 11.9 Å². The lowest BCUT2D eigenvalue weighted by Gasteiger charge is -2.26. The zero-order valence-corrected chi connectivity index (χ0v) is 13.3. The van der Waals surface area contributed by atoms with Gasteiger partial charge in [-0.3, -0.25) is 4.79 Å². The topological polar surface area (TPSA) is 45.2 Å². The van der Waals surface area contributed by atoms with Gasteiger partial charge < -0.3 is 10.2 Å². The van der Waals surface area contributed by atoms with Crippen LogP contribution >= 0.6 is 11.3 Å². The van der Waals surface area contributed by atoms with E-state index >= 15 is 0 Å². The lowest BCUT2D eigenvalue weighted by Crippen LogP contribution is -2.32. The Hall–Kier alpha value is -0.940. The first-order valence-electron chi connectivity index (χ1n) is 7.59. The lowest BCUT2D eigenvalue weighted by molar-refractivity contribution is -0.121. The van der Waals surface area contributed by atoms with Gasteiger partial charge in [-0.1, -0.05) is 6.42 Å². The second kappa shape index (κ2) is 7.74. The average Bonchev–Trinajstić information content (AvgIpc) is 2.87. The molecule has 0 radical (unpaired) electrons. The third-order valence-electron chi connectivity index (χ3n) is 3.71. The van der Waals surface area contributed by atoms with E-state index in [0.717, 1.165) is 23.7 Å². The largest absolute Gasteiger partial charge is 0.347 e. The van der Waals surface area contributed by atoms with Crippen LogP contribution in [0.1, 0.15) is 55.8 Å². The molecule has 1 amide bonds. The summed E-state index contributed by atoms with van der Waals surface area (Å²) in [7, 11) is 0. The second-order valence-corrected chi connectivity index (χ2v) is 6.51. The van der Waals surface area contributed by atoms with Crippen LogP contribution < -0.4 is 5.32 Å². The molecule has 0 aromatic carbocycles. The molecule has 1 aromatic rings. The van der Waals surface area contributed by atoms with Crippen LogP contribution in [0.4, 0.5) is 0 Å². The Balaban J connectivity index is 1.64. The molecule has 0 aliphatic carbocycles. The minimum Gasteiger partial charge on any atom is -0.347 e. The summed E-state index contributed by atoms with van der Waals surface area (Å²) in [5.74, 6) is 0.141. The first-order chi connectivity index (χ1) is 9.65.